The minimum Gasteiger partial charge on any atom is -0.372 e. The maximum atomic E-state index is 10.9. The highest BCUT2D eigenvalue weighted by Crippen LogP contribution is 2.29. The zero-order valence-electron chi connectivity index (χ0n) is 12.2. The lowest BCUT2D eigenvalue weighted by Gasteiger charge is -2.09. The topological polar surface area (TPSA) is 66.4 Å². The van der Waals surface area contributed by atoms with Crippen LogP contribution < -0.4 is 5.32 Å². The van der Waals surface area contributed by atoms with E-state index in [9.17, 15) is 9.00 Å². The van der Waals surface area contributed by atoms with E-state index in [1.807, 2.05) is 60.7 Å². The van der Waals surface area contributed by atoms with Crippen LogP contribution in [0.5, 0.6) is 0 Å². The monoisotopic (exact) mass is 325 g/mol. The summed E-state index contributed by atoms with van der Waals surface area (Å²) in [5.41, 5.74) is 3.58. The number of hydrogen-bond donors (Lipinski definition) is 2. The molecule has 0 amide bonds. The number of carbonyl (C=O) groups is 1. The van der Waals surface area contributed by atoms with Crippen molar-refractivity contribution in [1.29, 1.82) is 0 Å². The predicted octanol–water partition coefficient (Wildman–Crippen LogP) is 3.91. The molecule has 5 heteroatoms. The summed E-state index contributed by atoms with van der Waals surface area (Å²) in [6, 6.07) is 19.3. The van der Waals surface area contributed by atoms with Gasteiger partial charge in [0.1, 0.15) is 12.2 Å². The Morgan fingerprint density at radius 3 is 2.52 bits per heavy atom. The third-order valence-corrected chi connectivity index (χ3v) is 4.03. The van der Waals surface area contributed by atoms with Crippen LogP contribution in [-0.2, 0) is 11.1 Å². The van der Waals surface area contributed by atoms with Crippen molar-refractivity contribution in [2.24, 2.45) is 0 Å². The summed E-state index contributed by atoms with van der Waals surface area (Å²) in [6.45, 7) is 0. The van der Waals surface area contributed by atoms with E-state index < -0.39 is 11.1 Å². The zero-order chi connectivity index (χ0) is 16.2. The highest BCUT2D eigenvalue weighted by atomic mass is 32.2. The van der Waals surface area contributed by atoms with Crippen LogP contribution in [0, 0.1) is 0 Å². The van der Waals surface area contributed by atoms with Gasteiger partial charge in [-0.1, -0.05) is 42.5 Å². The van der Waals surface area contributed by atoms with Crippen LogP contribution in [0.1, 0.15) is 10.4 Å². The second kappa shape index (κ2) is 6.73. The summed E-state index contributed by atoms with van der Waals surface area (Å²) < 4.78 is 19.5. The van der Waals surface area contributed by atoms with E-state index in [1.54, 1.807) is 0 Å². The molecule has 0 heterocycles. The highest BCUT2D eigenvalue weighted by molar-refractivity contribution is 7.79. The Labute approximate surface area is 136 Å². The largest absolute Gasteiger partial charge is 0.372 e. The standard InChI is InChI=1S/C18H15NO3S/c20-11-13-4-9-18-15(10-13)2-1-3-17(18)14-5-7-16(8-6-14)19-12-23(21)22/h1-11,19H,12H2,(H,21,22). The quantitative estimate of drug-likeness (QED) is 0.551. The smallest absolute Gasteiger partial charge is 0.172 e. The molecule has 0 aliphatic heterocycles. The molecule has 0 saturated heterocycles. The zero-order valence-corrected chi connectivity index (χ0v) is 13.0. The molecular formula is C18H15NO3S. The molecule has 0 fully saturated rings. The first-order chi connectivity index (χ1) is 11.2. The van der Waals surface area contributed by atoms with Gasteiger partial charge in [-0.3, -0.25) is 4.79 Å². The van der Waals surface area contributed by atoms with Crippen LogP contribution in [0.3, 0.4) is 0 Å². The van der Waals surface area contributed by atoms with Crippen molar-refractivity contribution in [3.05, 3.63) is 66.2 Å². The van der Waals surface area contributed by atoms with E-state index in [1.165, 1.54) is 0 Å². The van der Waals surface area contributed by atoms with Gasteiger partial charge in [-0.15, -0.1) is 0 Å². The number of anilines is 1. The molecule has 0 aliphatic carbocycles. The van der Waals surface area contributed by atoms with E-state index in [2.05, 4.69) is 5.32 Å². The third kappa shape index (κ3) is 3.47. The van der Waals surface area contributed by atoms with Crippen molar-refractivity contribution in [2.75, 3.05) is 11.2 Å². The molecule has 3 rings (SSSR count). The molecular weight excluding hydrogens is 310 g/mol. The average molecular weight is 325 g/mol. The minimum absolute atomic E-state index is 0.00207. The summed E-state index contributed by atoms with van der Waals surface area (Å²) in [5, 5.41) is 4.98. The Morgan fingerprint density at radius 1 is 1.04 bits per heavy atom. The predicted molar refractivity (Wildman–Crippen MR) is 94.0 cm³/mol. The minimum atomic E-state index is -1.87. The van der Waals surface area contributed by atoms with Gasteiger partial charge in [0.2, 0.25) is 0 Å². The van der Waals surface area contributed by atoms with Gasteiger partial charge in [0.05, 0.1) is 0 Å². The van der Waals surface area contributed by atoms with Gasteiger partial charge in [-0.05, 0) is 40.1 Å². The van der Waals surface area contributed by atoms with Crippen LogP contribution in [0.25, 0.3) is 21.9 Å². The first-order valence-electron chi connectivity index (χ1n) is 7.07. The molecule has 3 aromatic rings. The van der Waals surface area contributed by atoms with Crippen LogP contribution in [0.15, 0.2) is 60.7 Å². The molecule has 3 aromatic carbocycles. The molecule has 1 atom stereocenters. The van der Waals surface area contributed by atoms with E-state index in [4.69, 9.17) is 4.55 Å². The van der Waals surface area contributed by atoms with Crippen LogP contribution in [-0.4, -0.2) is 20.9 Å². The number of aldehydes is 1. The first kappa shape index (κ1) is 15.4. The molecule has 0 aliphatic rings. The van der Waals surface area contributed by atoms with Crippen molar-refractivity contribution in [1.82, 2.24) is 0 Å². The Hall–Kier alpha value is -2.50. The fourth-order valence-electron chi connectivity index (χ4n) is 2.54. The van der Waals surface area contributed by atoms with Crippen LogP contribution in [0.4, 0.5) is 5.69 Å². The lowest BCUT2D eigenvalue weighted by Crippen LogP contribution is -2.06. The van der Waals surface area contributed by atoms with Gasteiger partial charge in [0.15, 0.2) is 11.1 Å². The lowest BCUT2D eigenvalue weighted by molar-refractivity contribution is 0.112. The molecule has 4 nitrogen and oxygen atoms in total. The Kier molecular flexibility index (Phi) is 4.50. The number of carbonyl (C=O) groups excluding carboxylic acids is 1. The molecule has 0 aromatic heterocycles. The van der Waals surface area contributed by atoms with Crippen molar-refractivity contribution in [3.8, 4) is 11.1 Å². The number of benzene rings is 3. The normalized spacial score (nSPS) is 12.0. The van der Waals surface area contributed by atoms with Crippen molar-refractivity contribution in [2.45, 2.75) is 0 Å². The summed E-state index contributed by atoms with van der Waals surface area (Å²) in [7, 11) is 0. The lowest BCUT2D eigenvalue weighted by atomic mass is 9.97. The molecule has 116 valence electrons. The fraction of sp³-hybridized carbons (Fsp3) is 0.0556. The van der Waals surface area contributed by atoms with E-state index in [-0.39, 0.29) is 5.88 Å². The van der Waals surface area contributed by atoms with Gasteiger partial charge in [-0.25, -0.2) is 4.21 Å². The molecule has 0 bridgehead atoms. The van der Waals surface area contributed by atoms with Crippen molar-refractivity contribution in [3.63, 3.8) is 0 Å². The van der Waals surface area contributed by atoms with Gasteiger partial charge in [0.25, 0.3) is 0 Å². The summed E-state index contributed by atoms with van der Waals surface area (Å²) in [5.74, 6) is 0.00207. The highest BCUT2D eigenvalue weighted by Gasteiger charge is 2.05. The maximum absolute atomic E-state index is 10.9. The number of nitrogens with one attached hydrogen (secondary N) is 1. The number of hydrogen-bond acceptors (Lipinski definition) is 3. The Bertz CT molecular complexity index is 875. The maximum Gasteiger partial charge on any atom is 0.172 e. The second-order valence-electron chi connectivity index (χ2n) is 5.12. The first-order valence-corrected chi connectivity index (χ1v) is 8.35. The molecule has 1 unspecified atom stereocenters. The van der Waals surface area contributed by atoms with Crippen LogP contribution in [0.2, 0.25) is 0 Å². The van der Waals surface area contributed by atoms with E-state index in [0.717, 1.165) is 33.9 Å². The van der Waals surface area contributed by atoms with Gasteiger partial charge in [-0.2, -0.15) is 0 Å². The summed E-state index contributed by atoms with van der Waals surface area (Å²) in [6.07, 6.45) is 0.845. The Balaban J connectivity index is 1.96. The van der Waals surface area contributed by atoms with Crippen molar-refractivity contribution < 1.29 is 13.6 Å². The second-order valence-corrected chi connectivity index (χ2v) is 6.06. The van der Waals surface area contributed by atoms with E-state index >= 15 is 0 Å². The SMILES string of the molecule is O=Cc1ccc2c(-c3ccc(NCS(=O)O)cc3)cccc2c1. The fourth-order valence-corrected chi connectivity index (χ4v) is 2.83. The number of rotatable bonds is 5. The van der Waals surface area contributed by atoms with Gasteiger partial charge >= 0.3 is 0 Å². The summed E-state index contributed by atoms with van der Waals surface area (Å²) >= 11 is -1.87. The summed E-state index contributed by atoms with van der Waals surface area (Å²) in [4.78, 5) is 10.9. The molecule has 23 heavy (non-hydrogen) atoms. The average Bonchev–Trinajstić information content (AvgIpc) is 2.59. The molecule has 2 N–H and O–H groups in total. The van der Waals surface area contributed by atoms with E-state index in [0.29, 0.717) is 5.56 Å². The number of fused-ring (bicyclic) bond motifs is 1. The molecule has 0 saturated carbocycles. The molecule has 0 spiro atoms. The van der Waals surface area contributed by atoms with Crippen molar-refractivity contribution >= 4 is 33.8 Å². The van der Waals surface area contributed by atoms with Crippen LogP contribution >= 0.6 is 0 Å². The van der Waals surface area contributed by atoms with Gasteiger partial charge in [0, 0.05) is 11.3 Å². The molecule has 0 radical (unpaired) electrons. The van der Waals surface area contributed by atoms with Gasteiger partial charge < -0.3 is 9.87 Å². The third-order valence-electron chi connectivity index (χ3n) is 3.64. The Morgan fingerprint density at radius 2 is 1.83 bits per heavy atom.